The zero-order chi connectivity index (χ0) is 10.6. The summed E-state index contributed by atoms with van der Waals surface area (Å²) in [7, 11) is 0. The fourth-order valence-corrected chi connectivity index (χ4v) is 0.980. The number of carbonyl (C=O) groups excluding carboxylic acids is 1. The van der Waals surface area contributed by atoms with Crippen LogP contribution in [-0.2, 0) is 11.3 Å². The predicted molar refractivity (Wildman–Crippen MR) is 56.6 cm³/mol. The van der Waals surface area contributed by atoms with Crippen molar-refractivity contribution < 1.29 is 4.79 Å². The lowest BCUT2D eigenvalue weighted by Gasteiger charge is -2.07. The van der Waals surface area contributed by atoms with Crippen LogP contribution in [0, 0.1) is 0 Å². The highest BCUT2D eigenvalue weighted by Gasteiger charge is 2.06. The van der Waals surface area contributed by atoms with Crippen molar-refractivity contribution in [2.24, 2.45) is 11.5 Å². The highest BCUT2D eigenvalue weighted by atomic mass is 16.2. The van der Waals surface area contributed by atoms with Gasteiger partial charge in [0, 0.05) is 12.2 Å². The minimum Gasteiger partial charge on any atom is -0.326 e. The third-order valence-electron chi connectivity index (χ3n) is 1.87. The second-order valence-corrected chi connectivity index (χ2v) is 3.18. The molecule has 0 bridgehead atoms. The normalized spacial score (nSPS) is 12.2. The molecule has 0 radical (unpaired) electrons. The van der Waals surface area contributed by atoms with Crippen LogP contribution in [0.25, 0.3) is 0 Å². The Morgan fingerprint density at radius 1 is 1.43 bits per heavy atom. The number of hydrogen-bond donors (Lipinski definition) is 3. The Hall–Kier alpha value is -1.39. The second-order valence-electron chi connectivity index (χ2n) is 3.18. The largest absolute Gasteiger partial charge is 0.326 e. The SMILES string of the molecule is CC(N)C(=O)Nc1ccc(CN)cc1. The van der Waals surface area contributed by atoms with Gasteiger partial charge in [0.05, 0.1) is 6.04 Å². The van der Waals surface area contributed by atoms with Crippen LogP contribution in [0.2, 0.25) is 0 Å². The van der Waals surface area contributed by atoms with E-state index in [2.05, 4.69) is 5.32 Å². The van der Waals surface area contributed by atoms with Gasteiger partial charge in [0.15, 0.2) is 0 Å². The zero-order valence-corrected chi connectivity index (χ0v) is 8.16. The van der Waals surface area contributed by atoms with Gasteiger partial charge in [-0.25, -0.2) is 0 Å². The maximum absolute atomic E-state index is 11.2. The molecule has 5 N–H and O–H groups in total. The number of benzene rings is 1. The monoisotopic (exact) mass is 193 g/mol. The molecule has 1 amide bonds. The van der Waals surface area contributed by atoms with E-state index < -0.39 is 6.04 Å². The molecule has 76 valence electrons. The standard InChI is InChI=1S/C10H15N3O/c1-7(12)10(14)13-9-4-2-8(6-11)3-5-9/h2-5,7H,6,11-12H2,1H3,(H,13,14). The Balaban J connectivity index is 2.64. The molecule has 0 aliphatic rings. The summed E-state index contributed by atoms with van der Waals surface area (Å²) in [5, 5.41) is 2.69. The van der Waals surface area contributed by atoms with Crippen molar-refractivity contribution >= 4 is 11.6 Å². The summed E-state index contributed by atoms with van der Waals surface area (Å²) in [5.74, 6) is -0.189. The highest BCUT2D eigenvalue weighted by molar-refractivity contribution is 5.94. The quantitative estimate of drug-likeness (QED) is 0.651. The van der Waals surface area contributed by atoms with E-state index in [4.69, 9.17) is 11.5 Å². The number of hydrogen-bond acceptors (Lipinski definition) is 3. The molecule has 0 aliphatic heterocycles. The molecular weight excluding hydrogens is 178 g/mol. The van der Waals surface area contributed by atoms with Crippen LogP contribution in [-0.4, -0.2) is 11.9 Å². The molecule has 1 rings (SSSR count). The van der Waals surface area contributed by atoms with Gasteiger partial charge in [-0.05, 0) is 24.6 Å². The van der Waals surface area contributed by atoms with Crippen molar-refractivity contribution in [1.29, 1.82) is 0 Å². The van der Waals surface area contributed by atoms with Crippen LogP contribution >= 0.6 is 0 Å². The lowest BCUT2D eigenvalue weighted by atomic mass is 10.2. The third-order valence-corrected chi connectivity index (χ3v) is 1.87. The molecule has 0 saturated heterocycles. The summed E-state index contributed by atoms with van der Waals surface area (Å²) in [5.41, 5.74) is 12.6. The third kappa shape index (κ3) is 2.83. The van der Waals surface area contributed by atoms with E-state index in [0.29, 0.717) is 6.54 Å². The van der Waals surface area contributed by atoms with Crippen molar-refractivity contribution in [3.8, 4) is 0 Å². The van der Waals surface area contributed by atoms with Crippen molar-refractivity contribution in [3.63, 3.8) is 0 Å². The summed E-state index contributed by atoms with van der Waals surface area (Å²) in [6.07, 6.45) is 0. The molecule has 1 atom stereocenters. The molecule has 0 fully saturated rings. The molecule has 4 heteroatoms. The van der Waals surface area contributed by atoms with Crippen LogP contribution in [0.15, 0.2) is 24.3 Å². The number of rotatable bonds is 3. The molecule has 0 aliphatic carbocycles. The van der Waals surface area contributed by atoms with Gasteiger partial charge in [0.1, 0.15) is 0 Å². The van der Waals surface area contributed by atoms with E-state index in [1.165, 1.54) is 0 Å². The smallest absolute Gasteiger partial charge is 0.240 e. The van der Waals surface area contributed by atoms with Gasteiger partial charge < -0.3 is 16.8 Å². The molecule has 0 spiro atoms. The van der Waals surface area contributed by atoms with Crippen LogP contribution in [0.3, 0.4) is 0 Å². The minimum atomic E-state index is -0.496. The molecule has 14 heavy (non-hydrogen) atoms. The van der Waals surface area contributed by atoms with E-state index in [9.17, 15) is 4.79 Å². The lowest BCUT2D eigenvalue weighted by molar-refractivity contribution is -0.117. The molecular formula is C10H15N3O. The minimum absolute atomic E-state index is 0.189. The molecule has 1 unspecified atom stereocenters. The van der Waals surface area contributed by atoms with Gasteiger partial charge in [-0.15, -0.1) is 0 Å². The summed E-state index contributed by atoms with van der Waals surface area (Å²) < 4.78 is 0. The van der Waals surface area contributed by atoms with Gasteiger partial charge in [0.25, 0.3) is 0 Å². The Morgan fingerprint density at radius 3 is 2.43 bits per heavy atom. The van der Waals surface area contributed by atoms with E-state index >= 15 is 0 Å². The Kier molecular flexibility index (Phi) is 3.62. The first-order chi connectivity index (χ1) is 6.63. The van der Waals surface area contributed by atoms with Crippen LogP contribution < -0.4 is 16.8 Å². The van der Waals surface area contributed by atoms with Gasteiger partial charge >= 0.3 is 0 Å². The summed E-state index contributed by atoms with van der Waals surface area (Å²) >= 11 is 0. The molecule has 0 aromatic heterocycles. The Morgan fingerprint density at radius 2 is 2.00 bits per heavy atom. The summed E-state index contributed by atoms with van der Waals surface area (Å²) in [6, 6.07) is 6.86. The zero-order valence-electron chi connectivity index (χ0n) is 8.16. The molecule has 0 heterocycles. The number of anilines is 1. The maximum atomic E-state index is 11.2. The van der Waals surface area contributed by atoms with E-state index in [1.54, 1.807) is 6.92 Å². The van der Waals surface area contributed by atoms with Gasteiger partial charge in [0.2, 0.25) is 5.91 Å². The first-order valence-corrected chi connectivity index (χ1v) is 4.49. The van der Waals surface area contributed by atoms with E-state index in [0.717, 1.165) is 11.3 Å². The number of nitrogens with two attached hydrogens (primary N) is 2. The average Bonchev–Trinajstić information content (AvgIpc) is 2.19. The first kappa shape index (κ1) is 10.7. The molecule has 1 aromatic rings. The van der Waals surface area contributed by atoms with Crippen molar-refractivity contribution in [3.05, 3.63) is 29.8 Å². The highest BCUT2D eigenvalue weighted by Crippen LogP contribution is 2.08. The van der Waals surface area contributed by atoms with E-state index in [-0.39, 0.29) is 5.91 Å². The number of carbonyl (C=O) groups is 1. The fourth-order valence-electron chi connectivity index (χ4n) is 0.980. The van der Waals surface area contributed by atoms with Crippen molar-refractivity contribution in [1.82, 2.24) is 0 Å². The van der Waals surface area contributed by atoms with Crippen LogP contribution in [0.4, 0.5) is 5.69 Å². The second kappa shape index (κ2) is 4.74. The Bertz CT molecular complexity index is 306. The van der Waals surface area contributed by atoms with Gasteiger partial charge in [-0.1, -0.05) is 12.1 Å². The lowest BCUT2D eigenvalue weighted by Crippen LogP contribution is -2.32. The van der Waals surface area contributed by atoms with Gasteiger partial charge in [-0.2, -0.15) is 0 Å². The maximum Gasteiger partial charge on any atom is 0.240 e. The van der Waals surface area contributed by atoms with Crippen molar-refractivity contribution in [2.45, 2.75) is 19.5 Å². The number of amides is 1. The van der Waals surface area contributed by atoms with Gasteiger partial charge in [-0.3, -0.25) is 4.79 Å². The van der Waals surface area contributed by atoms with E-state index in [1.807, 2.05) is 24.3 Å². The number of nitrogens with one attached hydrogen (secondary N) is 1. The molecule has 0 saturated carbocycles. The average molecular weight is 193 g/mol. The predicted octanol–water partition coefficient (Wildman–Crippen LogP) is 0.431. The summed E-state index contributed by atoms with van der Waals surface area (Å²) in [6.45, 7) is 2.14. The fraction of sp³-hybridized carbons (Fsp3) is 0.300. The molecule has 1 aromatic carbocycles. The van der Waals surface area contributed by atoms with Crippen molar-refractivity contribution in [2.75, 3.05) is 5.32 Å². The molecule has 4 nitrogen and oxygen atoms in total. The topological polar surface area (TPSA) is 81.1 Å². The van der Waals surface area contributed by atoms with Crippen LogP contribution in [0.5, 0.6) is 0 Å². The first-order valence-electron chi connectivity index (χ1n) is 4.49. The van der Waals surface area contributed by atoms with Crippen LogP contribution in [0.1, 0.15) is 12.5 Å². The summed E-state index contributed by atoms with van der Waals surface area (Å²) in [4.78, 5) is 11.2. The Labute approximate surface area is 83.3 Å².